The smallest absolute Gasteiger partial charge is 0.149 e. The summed E-state index contributed by atoms with van der Waals surface area (Å²) in [4.78, 5) is 10.6. The summed E-state index contributed by atoms with van der Waals surface area (Å²) in [5.74, 6) is 2.12. The van der Waals surface area contributed by atoms with E-state index in [0.717, 1.165) is 61.0 Å². The van der Waals surface area contributed by atoms with Crippen LogP contribution < -0.4 is 0 Å². The summed E-state index contributed by atoms with van der Waals surface area (Å²) >= 11 is 0. The molecule has 2 unspecified atom stereocenters. The number of benzene rings is 5. The summed E-state index contributed by atoms with van der Waals surface area (Å²) < 4.78 is 8.70. The fourth-order valence-corrected chi connectivity index (χ4v) is 8.01. The molecular formula is C41H29N3O2. The molecule has 1 saturated carbocycles. The van der Waals surface area contributed by atoms with Crippen LogP contribution in [0.2, 0.25) is 0 Å². The summed E-state index contributed by atoms with van der Waals surface area (Å²) in [6.07, 6.45) is 3.75. The van der Waals surface area contributed by atoms with E-state index in [0.29, 0.717) is 23.2 Å². The van der Waals surface area contributed by atoms with E-state index in [-0.39, 0.29) is 5.75 Å². The number of phenolic OH excluding ortho intramolecular Hbond substituents is 1. The number of imidazole rings is 1. The molecule has 0 saturated heterocycles. The van der Waals surface area contributed by atoms with Gasteiger partial charge < -0.3 is 9.52 Å². The van der Waals surface area contributed by atoms with Gasteiger partial charge in [-0.2, -0.15) is 0 Å². The molecule has 0 amide bonds. The van der Waals surface area contributed by atoms with E-state index in [1.807, 2.05) is 48.5 Å². The van der Waals surface area contributed by atoms with Gasteiger partial charge in [-0.15, -0.1) is 0 Å². The minimum absolute atomic E-state index is 0.196. The first-order valence-corrected chi connectivity index (χ1v) is 16.0. The second-order valence-corrected chi connectivity index (χ2v) is 12.7. The predicted molar refractivity (Wildman–Crippen MR) is 183 cm³/mol. The SMILES string of the molecule is Oc1ccccc1-c1nc2c(-c3cc(-c4ccc5c(n4)C4CCC5C4)c4oc5ccccc5c4c3)cccc2n1-c1ccccc1. The van der Waals surface area contributed by atoms with Crippen molar-refractivity contribution in [2.45, 2.75) is 31.1 Å². The molecule has 1 fully saturated rings. The van der Waals surface area contributed by atoms with E-state index in [1.165, 1.54) is 30.5 Å². The summed E-state index contributed by atoms with van der Waals surface area (Å²) in [5.41, 5.74) is 11.9. The lowest BCUT2D eigenvalue weighted by molar-refractivity contribution is 0.477. The Labute approximate surface area is 265 Å². The van der Waals surface area contributed by atoms with Crippen molar-refractivity contribution in [1.82, 2.24) is 14.5 Å². The number of furan rings is 1. The number of hydrogen-bond acceptors (Lipinski definition) is 4. The van der Waals surface area contributed by atoms with Crippen LogP contribution in [0.5, 0.6) is 5.75 Å². The predicted octanol–water partition coefficient (Wildman–Crippen LogP) is 10.4. The molecule has 46 heavy (non-hydrogen) atoms. The quantitative estimate of drug-likeness (QED) is 0.220. The third-order valence-corrected chi connectivity index (χ3v) is 10.1. The lowest BCUT2D eigenvalue weighted by atomic mass is 9.93. The maximum absolute atomic E-state index is 10.9. The van der Waals surface area contributed by atoms with Crippen LogP contribution in [0.15, 0.2) is 126 Å². The number of para-hydroxylation sites is 4. The summed E-state index contributed by atoms with van der Waals surface area (Å²) in [6, 6.07) is 41.2. The summed E-state index contributed by atoms with van der Waals surface area (Å²) in [7, 11) is 0. The van der Waals surface area contributed by atoms with Crippen LogP contribution in [0.3, 0.4) is 0 Å². The van der Waals surface area contributed by atoms with Crippen LogP contribution in [0.1, 0.15) is 42.4 Å². The van der Waals surface area contributed by atoms with Crippen LogP contribution in [0.25, 0.3) is 72.4 Å². The fraction of sp³-hybridized carbons (Fsp3) is 0.122. The highest BCUT2D eigenvalue weighted by Gasteiger charge is 2.38. The van der Waals surface area contributed by atoms with Crippen molar-refractivity contribution in [3.63, 3.8) is 0 Å². The van der Waals surface area contributed by atoms with Crippen molar-refractivity contribution in [3.05, 3.63) is 133 Å². The maximum atomic E-state index is 10.9. The van der Waals surface area contributed by atoms with Gasteiger partial charge in [0.05, 0.1) is 22.3 Å². The van der Waals surface area contributed by atoms with Gasteiger partial charge >= 0.3 is 0 Å². The minimum Gasteiger partial charge on any atom is -0.507 e. The van der Waals surface area contributed by atoms with Crippen molar-refractivity contribution < 1.29 is 9.52 Å². The van der Waals surface area contributed by atoms with Gasteiger partial charge in [-0.1, -0.05) is 66.7 Å². The zero-order chi connectivity index (χ0) is 30.4. The molecule has 2 bridgehead atoms. The second-order valence-electron chi connectivity index (χ2n) is 12.7. The Morgan fingerprint density at radius 3 is 2.39 bits per heavy atom. The molecule has 1 N–H and O–H groups in total. The van der Waals surface area contributed by atoms with Gasteiger partial charge in [0.15, 0.2) is 0 Å². The third kappa shape index (κ3) is 3.69. The first kappa shape index (κ1) is 25.6. The average molecular weight is 596 g/mol. The molecule has 2 aliphatic carbocycles. The normalized spacial score (nSPS) is 17.0. The molecule has 0 spiro atoms. The van der Waals surface area contributed by atoms with Crippen molar-refractivity contribution in [2.24, 2.45) is 0 Å². The first-order chi connectivity index (χ1) is 22.7. The van der Waals surface area contributed by atoms with Crippen LogP contribution in [-0.2, 0) is 0 Å². The van der Waals surface area contributed by atoms with Gasteiger partial charge in [0.1, 0.15) is 22.7 Å². The van der Waals surface area contributed by atoms with Crippen molar-refractivity contribution >= 4 is 33.0 Å². The minimum atomic E-state index is 0.196. The number of phenols is 1. The number of rotatable bonds is 4. The Hall–Kier alpha value is -5.68. The number of fused-ring (bicyclic) bond motifs is 9. The number of pyridine rings is 1. The van der Waals surface area contributed by atoms with Crippen LogP contribution >= 0.6 is 0 Å². The Morgan fingerprint density at radius 1 is 0.674 bits per heavy atom. The molecule has 3 heterocycles. The van der Waals surface area contributed by atoms with Crippen LogP contribution in [-0.4, -0.2) is 19.6 Å². The maximum Gasteiger partial charge on any atom is 0.149 e. The van der Waals surface area contributed by atoms with Crippen molar-refractivity contribution in [3.8, 4) is 45.2 Å². The van der Waals surface area contributed by atoms with Gasteiger partial charge in [0, 0.05) is 39.2 Å². The highest BCUT2D eigenvalue weighted by atomic mass is 16.3. The molecule has 5 nitrogen and oxygen atoms in total. The zero-order valence-corrected chi connectivity index (χ0v) is 25.0. The van der Waals surface area contributed by atoms with Crippen molar-refractivity contribution in [2.75, 3.05) is 0 Å². The Morgan fingerprint density at radius 2 is 1.48 bits per heavy atom. The largest absolute Gasteiger partial charge is 0.507 e. The topological polar surface area (TPSA) is 64.1 Å². The zero-order valence-electron chi connectivity index (χ0n) is 25.0. The van der Waals surface area contributed by atoms with E-state index in [9.17, 15) is 5.11 Å². The molecule has 10 rings (SSSR count). The Balaban J connectivity index is 1.26. The molecule has 2 aliphatic rings. The molecule has 8 aromatic rings. The number of aromatic nitrogens is 3. The van der Waals surface area contributed by atoms with E-state index in [1.54, 1.807) is 6.07 Å². The highest BCUT2D eigenvalue weighted by molar-refractivity contribution is 6.12. The number of nitrogens with zero attached hydrogens (tertiary/aromatic N) is 3. The molecule has 5 heteroatoms. The van der Waals surface area contributed by atoms with Gasteiger partial charge in [0.2, 0.25) is 0 Å². The van der Waals surface area contributed by atoms with Gasteiger partial charge in [0.25, 0.3) is 0 Å². The highest BCUT2D eigenvalue weighted by Crippen LogP contribution is 2.53. The molecule has 5 aromatic carbocycles. The van der Waals surface area contributed by atoms with Gasteiger partial charge in [-0.05, 0) is 90.9 Å². The standard InChI is InChI=1S/C41H29N3O2/c45-36-15-6-4-12-31(36)41-43-39-28(13-8-14-35(39)44(41)27-9-2-1-3-10-27)26-22-32-30-11-5-7-16-37(30)46-40(32)33(23-26)34-20-19-29-24-17-18-25(21-24)38(29)42-34/h1-16,19-20,22-25,45H,17-18,21H2. The molecule has 220 valence electrons. The molecule has 3 aromatic heterocycles. The van der Waals surface area contributed by atoms with Gasteiger partial charge in [-0.25, -0.2) is 4.98 Å². The average Bonchev–Trinajstić information content (AvgIpc) is 3.90. The number of hydrogen-bond donors (Lipinski definition) is 1. The van der Waals surface area contributed by atoms with E-state index >= 15 is 0 Å². The molecule has 2 atom stereocenters. The Kier molecular flexibility index (Phi) is 5.38. The van der Waals surface area contributed by atoms with Crippen LogP contribution in [0.4, 0.5) is 0 Å². The van der Waals surface area contributed by atoms with E-state index in [2.05, 4.69) is 71.3 Å². The second kappa shape index (κ2) is 9.66. The Bertz CT molecular complexity index is 2490. The number of aromatic hydroxyl groups is 1. The monoisotopic (exact) mass is 595 g/mol. The van der Waals surface area contributed by atoms with Gasteiger partial charge in [-0.3, -0.25) is 9.55 Å². The molecular weight excluding hydrogens is 566 g/mol. The lowest BCUT2D eigenvalue weighted by Gasteiger charge is -2.15. The fourth-order valence-electron chi connectivity index (χ4n) is 8.01. The molecule has 0 aliphatic heterocycles. The first-order valence-electron chi connectivity index (χ1n) is 16.0. The van der Waals surface area contributed by atoms with E-state index in [4.69, 9.17) is 14.4 Å². The van der Waals surface area contributed by atoms with Crippen molar-refractivity contribution in [1.29, 1.82) is 0 Å². The molecule has 0 radical (unpaired) electrons. The lowest BCUT2D eigenvalue weighted by Crippen LogP contribution is -2.02. The van der Waals surface area contributed by atoms with Crippen LogP contribution in [0, 0.1) is 0 Å². The third-order valence-electron chi connectivity index (χ3n) is 10.1. The summed E-state index contributed by atoms with van der Waals surface area (Å²) in [6.45, 7) is 0. The van der Waals surface area contributed by atoms with E-state index < -0.39 is 0 Å². The summed E-state index contributed by atoms with van der Waals surface area (Å²) in [5, 5.41) is 13.1.